The largest absolute Gasteiger partial charge is 0.497 e. The lowest BCUT2D eigenvalue weighted by Crippen LogP contribution is -2.49. The number of benzene rings is 2. The van der Waals surface area contributed by atoms with Crippen LogP contribution >= 0.6 is 0 Å². The number of ether oxygens (including phenoxy) is 7. The first-order valence-electron chi connectivity index (χ1n) is 11.6. The van der Waals surface area contributed by atoms with Gasteiger partial charge in [-0.1, -0.05) is 6.07 Å². The van der Waals surface area contributed by atoms with Gasteiger partial charge in [-0.05, 0) is 45.0 Å². The van der Waals surface area contributed by atoms with Gasteiger partial charge < -0.3 is 38.5 Å². The molecule has 198 valence electrons. The van der Waals surface area contributed by atoms with Crippen molar-refractivity contribution in [1.29, 1.82) is 0 Å². The second-order valence-corrected chi connectivity index (χ2v) is 9.35. The molecule has 2 aromatic rings. The molecule has 3 atom stereocenters. The van der Waals surface area contributed by atoms with Gasteiger partial charge in [0.05, 0.1) is 32.0 Å². The Balaban J connectivity index is 1.61. The van der Waals surface area contributed by atoms with E-state index in [-0.39, 0.29) is 24.7 Å². The summed E-state index contributed by atoms with van der Waals surface area (Å²) in [5, 5.41) is 2.43. The fourth-order valence-corrected chi connectivity index (χ4v) is 3.80. The number of methoxy groups -OCH3 is 2. The van der Waals surface area contributed by atoms with Gasteiger partial charge in [-0.25, -0.2) is 9.59 Å². The normalized spacial score (nSPS) is 18.8. The molecule has 0 aliphatic carbocycles. The van der Waals surface area contributed by atoms with Crippen LogP contribution in [0.5, 0.6) is 23.0 Å². The van der Waals surface area contributed by atoms with Crippen LogP contribution in [-0.2, 0) is 19.0 Å². The standard InChI is InChI=1S/C26H29NO10/c1-26(2,3)35-12-17(24(29)32-5)27-25(30)37-23-21(28)16-8-7-15(31-4)11-19(16)36-22(23)14-6-9-18-20(10-14)34-13-33-18/h6-11,17,22-23H,12-13H2,1-5H3,(H,27,30)/t17-,22+,23-/m0/s1. The SMILES string of the molecule is COC(=O)[C@H](COC(C)(C)C)NC(=O)O[C@H]1C(=O)c2ccc(OC)cc2O[C@@H]1c1ccc2c(c1)OCO2. The van der Waals surface area contributed by atoms with Crippen molar-refractivity contribution in [2.75, 3.05) is 27.6 Å². The quantitative estimate of drug-likeness (QED) is 0.549. The predicted octanol–water partition coefficient (Wildman–Crippen LogP) is 3.19. The van der Waals surface area contributed by atoms with Crippen LogP contribution in [0.25, 0.3) is 0 Å². The second kappa shape index (κ2) is 10.6. The summed E-state index contributed by atoms with van der Waals surface area (Å²) in [5.74, 6) is 0.576. The van der Waals surface area contributed by atoms with Gasteiger partial charge in [0.1, 0.15) is 11.5 Å². The molecule has 11 nitrogen and oxygen atoms in total. The van der Waals surface area contributed by atoms with Crippen LogP contribution in [0.3, 0.4) is 0 Å². The van der Waals surface area contributed by atoms with Crippen molar-refractivity contribution in [1.82, 2.24) is 5.32 Å². The van der Waals surface area contributed by atoms with Crippen molar-refractivity contribution in [2.24, 2.45) is 0 Å². The number of Topliss-reactive ketones (excluding diaryl/α,β-unsaturated/α-hetero) is 1. The highest BCUT2D eigenvalue weighted by molar-refractivity contribution is 6.04. The van der Waals surface area contributed by atoms with E-state index in [1.165, 1.54) is 20.3 Å². The maximum Gasteiger partial charge on any atom is 0.408 e. The van der Waals surface area contributed by atoms with Crippen molar-refractivity contribution >= 4 is 17.8 Å². The summed E-state index contributed by atoms with van der Waals surface area (Å²) in [4.78, 5) is 38.7. The zero-order valence-electron chi connectivity index (χ0n) is 21.2. The molecule has 2 aliphatic heterocycles. The second-order valence-electron chi connectivity index (χ2n) is 9.35. The average Bonchev–Trinajstić information content (AvgIpc) is 3.34. The van der Waals surface area contributed by atoms with Crippen LogP contribution in [0.1, 0.15) is 42.8 Å². The van der Waals surface area contributed by atoms with Crippen LogP contribution in [0.4, 0.5) is 4.79 Å². The maximum atomic E-state index is 13.5. The van der Waals surface area contributed by atoms with Gasteiger partial charge in [-0.15, -0.1) is 0 Å². The van der Waals surface area contributed by atoms with Crippen molar-refractivity contribution in [2.45, 2.75) is 44.6 Å². The molecule has 0 unspecified atom stereocenters. The minimum Gasteiger partial charge on any atom is -0.497 e. The van der Waals surface area contributed by atoms with E-state index in [2.05, 4.69) is 5.32 Å². The van der Waals surface area contributed by atoms with E-state index in [0.717, 1.165) is 0 Å². The Bertz CT molecular complexity index is 1190. The summed E-state index contributed by atoms with van der Waals surface area (Å²) < 4.78 is 38.2. The number of carbonyl (C=O) groups is 3. The number of esters is 1. The fraction of sp³-hybridized carbons (Fsp3) is 0.423. The molecule has 4 rings (SSSR count). The van der Waals surface area contributed by atoms with E-state index in [1.807, 2.05) is 0 Å². The first kappa shape index (κ1) is 26.1. The Morgan fingerprint density at radius 2 is 1.81 bits per heavy atom. The molecule has 0 spiro atoms. The van der Waals surface area contributed by atoms with Crippen LogP contribution in [-0.4, -0.2) is 63.2 Å². The smallest absolute Gasteiger partial charge is 0.408 e. The van der Waals surface area contributed by atoms with E-state index in [4.69, 9.17) is 33.2 Å². The number of carbonyl (C=O) groups excluding carboxylic acids is 3. The van der Waals surface area contributed by atoms with Gasteiger partial charge in [-0.3, -0.25) is 4.79 Å². The first-order valence-corrected chi connectivity index (χ1v) is 11.6. The van der Waals surface area contributed by atoms with Crippen molar-refractivity contribution < 1.29 is 47.5 Å². The number of hydrogen-bond donors (Lipinski definition) is 1. The van der Waals surface area contributed by atoms with Gasteiger partial charge in [0.2, 0.25) is 18.7 Å². The molecule has 0 bridgehead atoms. The zero-order valence-corrected chi connectivity index (χ0v) is 21.2. The number of fused-ring (bicyclic) bond motifs is 2. The zero-order chi connectivity index (χ0) is 26.7. The summed E-state index contributed by atoms with van der Waals surface area (Å²) in [5.41, 5.74) is 0.167. The molecule has 1 amide bonds. The Morgan fingerprint density at radius 1 is 1.05 bits per heavy atom. The molecule has 0 radical (unpaired) electrons. The van der Waals surface area contributed by atoms with Crippen LogP contribution in [0, 0.1) is 0 Å². The summed E-state index contributed by atoms with van der Waals surface area (Å²) in [6.45, 7) is 5.33. The maximum absolute atomic E-state index is 13.5. The number of rotatable bonds is 7. The highest BCUT2D eigenvalue weighted by Gasteiger charge is 2.42. The minimum absolute atomic E-state index is 0.0666. The highest BCUT2D eigenvalue weighted by atomic mass is 16.7. The minimum atomic E-state index is -1.37. The molecule has 1 N–H and O–H groups in total. The lowest BCUT2D eigenvalue weighted by Gasteiger charge is -2.33. The molecule has 11 heteroatoms. The van der Waals surface area contributed by atoms with Crippen LogP contribution in [0.15, 0.2) is 36.4 Å². The molecule has 0 fully saturated rings. The fourth-order valence-electron chi connectivity index (χ4n) is 3.80. The molecule has 2 aliphatic rings. The molecule has 0 aromatic heterocycles. The molecule has 0 saturated carbocycles. The van der Waals surface area contributed by atoms with Gasteiger partial charge in [-0.2, -0.15) is 0 Å². The third kappa shape index (κ3) is 5.88. The predicted molar refractivity (Wildman–Crippen MR) is 128 cm³/mol. The Morgan fingerprint density at radius 3 is 2.51 bits per heavy atom. The molecule has 37 heavy (non-hydrogen) atoms. The number of ketones is 1. The van der Waals surface area contributed by atoms with Gasteiger partial charge in [0, 0.05) is 11.6 Å². The average molecular weight is 516 g/mol. The molecular formula is C26H29NO10. The summed E-state index contributed by atoms with van der Waals surface area (Å²) in [6.07, 6.45) is -3.41. The van der Waals surface area contributed by atoms with Crippen molar-refractivity contribution in [3.63, 3.8) is 0 Å². The topological polar surface area (TPSA) is 128 Å². The third-order valence-corrected chi connectivity index (χ3v) is 5.66. The molecule has 2 aromatic carbocycles. The lowest BCUT2D eigenvalue weighted by molar-refractivity contribution is -0.146. The van der Waals surface area contributed by atoms with Crippen LogP contribution < -0.4 is 24.3 Å². The summed E-state index contributed by atoms with van der Waals surface area (Å²) in [6, 6.07) is 8.61. The molecule has 2 heterocycles. The molecular weight excluding hydrogens is 486 g/mol. The van der Waals surface area contributed by atoms with Crippen molar-refractivity contribution in [3.8, 4) is 23.0 Å². The number of amides is 1. The van der Waals surface area contributed by atoms with Crippen LogP contribution in [0.2, 0.25) is 0 Å². The monoisotopic (exact) mass is 515 g/mol. The first-order chi connectivity index (χ1) is 17.6. The van der Waals surface area contributed by atoms with Gasteiger partial charge in [0.15, 0.2) is 23.6 Å². The Hall–Kier alpha value is -3.99. The van der Waals surface area contributed by atoms with Crippen molar-refractivity contribution in [3.05, 3.63) is 47.5 Å². The lowest BCUT2D eigenvalue weighted by atomic mass is 9.93. The Labute approximate surface area is 213 Å². The summed E-state index contributed by atoms with van der Waals surface area (Å²) >= 11 is 0. The number of hydrogen-bond acceptors (Lipinski definition) is 10. The molecule has 0 saturated heterocycles. The van der Waals surface area contributed by atoms with Gasteiger partial charge >= 0.3 is 12.1 Å². The van der Waals surface area contributed by atoms with Gasteiger partial charge in [0.25, 0.3) is 0 Å². The van der Waals surface area contributed by atoms with E-state index in [9.17, 15) is 14.4 Å². The van der Waals surface area contributed by atoms with E-state index in [0.29, 0.717) is 22.8 Å². The highest BCUT2D eigenvalue weighted by Crippen LogP contribution is 2.41. The van der Waals surface area contributed by atoms with E-state index < -0.39 is 41.7 Å². The number of nitrogens with one attached hydrogen (secondary N) is 1. The third-order valence-electron chi connectivity index (χ3n) is 5.66. The summed E-state index contributed by atoms with van der Waals surface area (Å²) in [7, 11) is 2.69. The van der Waals surface area contributed by atoms with E-state index >= 15 is 0 Å². The number of alkyl carbamates (subject to hydrolysis) is 1. The van der Waals surface area contributed by atoms with E-state index in [1.54, 1.807) is 51.1 Å². The Kier molecular flexibility index (Phi) is 7.44.